The molecule has 150 valence electrons. The number of esters is 1. The number of hydrogen-bond donors (Lipinski definition) is 1. The fourth-order valence-corrected chi connectivity index (χ4v) is 3.15. The lowest BCUT2D eigenvalue weighted by atomic mass is 10.1. The third kappa shape index (κ3) is 5.75. The number of nitrogens with one attached hydrogen (secondary N) is 1. The standard InChI is InChI=1S/C20H23NO6S/c1-13(18-6-5-9-28-18)21-19(22)12-27-20(23)8-7-14-10-16(25-3)17(26-4)11-15(14)24-2/h5-11,13H,12H2,1-4H3,(H,21,22)/b8-7+/t13-/m1/s1. The molecule has 1 atom stereocenters. The molecule has 0 unspecified atom stereocenters. The maximum Gasteiger partial charge on any atom is 0.331 e. The van der Waals surface area contributed by atoms with Gasteiger partial charge in [0.25, 0.3) is 5.91 Å². The van der Waals surface area contributed by atoms with Crippen LogP contribution in [0.3, 0.4) is 0 Å². The Bertz CT molecular complexity index is 831. The molecule has 7 nitrogen and oxygen atoms in total. The highest BCUT2D eigenvalue weighted by molar-refractivity contribution is 7.10. The van der Waals surface area contributed by atoms with E-state index in [0.717, 1.165) is 4.88 Å². The highest BCUT2D eigenvalue weighted by atomic mass is 32.1. The molecule has 0 aliphatic rings. The van der Waals surface area contributed by atoms with E-state index in [-0.39, 0.29) is 18.6 Å². The number of thiophene rings is 1. The number of rotatable bonds is 9. The Kier molecular flexibility index (Phi) is 7.88. The van der Waals surface area contributed by atoms with Crippen molar-refractivity contribution in [3.8, 4) is 17.2 Å². The average molecular weight is 405 g/mol. The topological polar surface area (TPSA) is 83.1 Å². The molecule has 0 aliphatic carbocycles. The molecule has 0 radical (unpaired) electrons. The quantitative estimate of drug-likeness (QED) is 0.510. The lowest BCUT2D eigenvalue weighted by molar-refractivity contribution is -0.144. The third-order valence-electron chi connectivity index (χ3n) is 3.83. The minimum atomic E-state index is -0.643. The number of hydrogen-bond acceptors (Lipinski definition) is 7. The van der Waals surface area contributed by atoms with Crippen molar-refractivity contribution in [2.45, 2.75) is 13.0 Å². The molecule has 0 saturated heterocycles. The van der Waals surface area contributed by atoms with Gasteiger partial charge in [0.05, 0.1) is 27.4 Å². The summed E-state index contributed by atoms with van der Waals surface area (Å²) in [6.45, 7) is 1.51. The summed E-state index contributed by atoms with van der Waals surface area (Å²) in [5.41, 5.74) is 0.605. The summed E-state index contributed by atoms with van der Waals surface area (Å²) >= 11 is 1.55. The Morgan fingerprint density at radius 2 is 1.79 bits per heavy atom. The molecule has 1 aromatic carbocycles. The molecule has 2 rings (SSSR count). The molecule has 1 N–H and O–H groups in total. The first kappa shape index (κ1) is 21.3. The largest absolute Gasteiger partial charge is 0.496 e. The molecule has 0 saturated carbocycles. The first-order valence-electron chi connectivity index (χ1n) is 8.46. The maximum atomic E-state index is 11.9. The van der Waals surface area contributed by atoms with E-state index >= 15 is 0 Å². The highest BCUT2D eigenvalue weighted by Gasteiger charge is 2.13. The Morgan fingerprint density at radius 1 is 1.11 bits per heavy atom. The van der Waals surface area contributed by atoms with Crippen LogP contribution in [0.2, 0.25) is 0 Å². The average Bonchev–Trinajstić information content (AvgIpc) is 3.24. The highest BCUT2D eigenvalue weighted by Crippen LogP contribution is 2.35. The Hall–Kier alpha value is -3.00. The first-order valence-corrected chi connectivity index (χ1v) is 9.34. The second kappa shape index (κ2) is 10.4. The number of methoxy groups -OCH3 is 3. The molecule has 1 aromatic heterocycles. The second-order valence-electron chi connectivity index (χ2n) is 5.69. The van der Waals surface area contributed by atoms with Gasteiger partial charge in [-0.25, -0.2) is 4.79 Å². The molecule has 0 bridgehead atoms. The lowest BCUT2D eigenvalue weighted by Crippen LogP contribution is -2.30. The fourth-order valence-electron chi connectivity index (χ4n) is 2.42. The van der Waals surface area contributed by atoms with Gasteiger partial charge >= 0.3 is 5.97 Å². The SMILES string of the molecule is COc1cc(OC)c(OC)cc1/C=C/C(=O)OCC(=O)N[C@H](C)c1cccs1. The summed E-state index contributed by atoms with van der Waals surface area (Å²) in [6, 6.07) is 7.04. The lowest BCUT2D eigenvalue weighted by Gasteiger charge is -2.12. The van der Waals surface area contributed by atoms with E-state index in [1.54, 1.807) is 23.5 Å². The van der Waals surface area contributed by atoms with Crippen LogP contribution in [-0.4, -0.2) is 39.8 Å². The summed E-state index contributed by atoms with van der Waals surface area (Å²) in [7, 11) is 4.55. The number of amides is 1. The zero-order valence-electron chi connectivity index (χ0n) is 16.2. The van der Waals surface area contributed by atoms with Crippen LogP contribution in [-0.2, 0) is 14.3 Å². The summed E-state index contributed by atoms with van der Waals surface area (Å²) in [5.74, 6) is 0.500. The molecular weight excluding hydrogens is 382 g/mol. The van der Waals surface area contributed by atoms with Gasteiger partial charge in [0, 0.05) is 22.6 Å². The van der Waals surface area contributed by atoms with Gasteiger partial charge in [-0.3, -0.25) is 4.79 Å². The first-order chi connectivity index (χ1) is 13.5. The maximum absolute atomic E-state index is 11.9. The van der Waals surface area contributed by atoms with Crippen LogP contribution in [0.25, 0.3) is 6.08 Å². The Balaban J connectivity index is 1.93. The van der Waals surface area contributed by atoms with Crippen LogP contribution >= 0.6 is 11.3 Å². The number of benzene rings is 1. The minimum absolute atomic E-state index is 0.141. The number of ether oxygens (including phenoxy) is 4. The fraction of sp³-hybridized carbons (Fsp3) is 0.300. The van der Waals surface area contributed by atoms with E-state index < -0.39 is 5.97 Å². The third-order valence-corrected chi connectivity index (χ3v) is 4.88. The summed E-state index contributed by atoms with van der Waals surface area (Å²) in [5, 5.41) is 4.71. The number of carbonyl (C=O) groups is 2. The Labute approximate surface area is 167 Å². The normalized spacial score (nSPS) is 11.7. The van der Waals surface area contributed by atoms with Crippen LogP contribution in [0.5, 0.6) is 17.2 Å². The van der Waals surface area contributed by atoms with Crippen LogP contribution < -0.4 is 19.5 Å². The van der Waals surface area contributed by atoms with Crippen LogP contribution in [0.4, 0.5) is 0 Å². The molecule has 0 spiro atoms. The van der Waals surface area contributed by atoms with Crippen LogP contribution in [0.15, 0.2) is 35.7 Å². The van der Waals surface area contributed by atoms with E-state index in [1.807, 2.05) is 24.4 Å². The molecule has 2 aromatic rings. The van der Waals surface area contributed by atoms with Gasteiger partial charge in [-0.1, -0.05) is 6.07 Å². The molecular formula is C20H23NO6S. The van der Waals surface area contributed by atoms with Crippen molar-refractivity contribution in [2.24, 2.45) is 0 Å². The predicted molar refractivity (Wildman–Crippen MR) is 107 cm³/mol. The molecule has 1 heterocycles. The molecule has 0 aliphatic heterocycles. The monoisotopic (exact) mass is 405 g/mol. The summed E-state index contributed by atoms with van der Waals surface area (Å²) in [4.78, 5) is 24.9. The van der Waals surface area contributed by atoms with Crippen molar-refractivity contribution in [3.05, 3.63) is 46.2 Å². The smallest absolute Gasteiger partial charge is 0.331 e. The minimum Gasteiger partial charge on any atom is -0.496 e. The molecule has 28 heavy (non-hydrogen) atoms. The van der Waals surface area contributed by atoms with Crippen LogP contribution in [0, 0.1) is 0 Å². The second-order valence-corrected chi connectivity index (χ2v) is 6.67. The van der Waals surface area contributed by atoms with Crippen molar-refractivity contribution in [1.29, 1.82) is 0 Å². The van der Waals surface area contributed by atoms with Gasteiger partial charge in [0.1, 0.15) is 5.75 Å². The van der Waals surface area contributed by atoms with Gasteiger partial charge in [-0.2, -0.15) is 0 Å². The van der Waals surface area contributed by atoms with E-state index in [4.69, 9.17) is 18.9 Å². The summed E-state index contributed by atoms with van der Waals surface area (Å²) < 4.78 is 20.7. The van der Waals surface area contributed by atoms with Crippen molar-refractivity contribution in [3.63, 3.8) is 0 Å². The van der Waals surface area contributed by atoms with Crippen molar-refractivity contribution in [2.75, 3.05) is 27.9 Å². The van der Waals surface area contributed by atoms with E-state index in [2.05, 4.69) is 5.32 Å². The zero-order chi connectivity index (χ0) is 20.5. The van der Waals surface area contributed by atoms with Gasteiger partial charge in [0.2, 0.25) is 0 Å². The van der Waals surface area contributed by atoms with Crippen molar-refractivity contribution >= 4 is 29.3 Å². The van der Waals surface area contributed by atoms with Crippen LogP contribution in [0.1, 0.15) is 23.4 Å². The van der Waals surface area contributed by atoms with Gasteiger partial charge in [0.15, 0.2) is 18.1 Å². The Morgan fingerprint density at radius 3 is 2.39 bits per heavy atom. The predicted octanol–water partition coefficient (Wildman–Crippen LogP) is 3.21. The molecule has 8 heteroatoms. The molecule has 1 amide bonds. The van der Waals surface area contributed by atoms with E-state index in [9.17, 15) is 9.59 Å². The van der Waals surface area contributed by atoms with Gasteiger partial charge in [-0.05, 0) is 30.5 Å². The van der Waals surface area contributed by atoms with Crippen molar-refractivity contribution in [1.82, 2.24) is 5.32 Å². The van der Waals surface area contributed by atoms with E-state index in [0.29, 0.717) is 22.8 Å². The van der Waals surface area contributed by atoms with E-state index in [1.165, 1.54) is 33.5 Å². The van der Waals surface area contributed by atoms with Gasteiger partial charge < -0.3 is 24.3 Å². The van der Waals surface area contributed by atoms with Gasteiger partial charge in [-0.15, -0.1) is 11.3 Å². The van der Waals surface area contributed by atoms with Crippen molar-refractivity contribution < 1.29 is 28.5 Å². The molecule has 0 fully saturated rings. The zero-order valence-corrected chi connectivity index (χ0v) is 17.0. The number of carbonyl (C=O) groups excluding carboxylic acids is 2. The summed E-state index contributed by atoms with van der Waals surface area (Å²) in [6.07, 6.45) is 2.75.